The third-order valence-corrected chi connectivity index (χ3v) is 3.66. The zero-order chi connectivity index (χ0) is 16.6. The van der Waals surface area contributed by atoms with E-state index in [9.17, 15) is 14.4 Å². The Morgan fingerprint density at radius 2 is 2.05 bits per heavy atom. The summed E-state index contributed by atoms with van der Waals surface area (Å²) in [4.78, 5) is 39.0. The molecule has 0 aliphatic rings. The number of carboxylic acid groups (broad SMARTS) is 1. The fourth-order valence-electron chi connectivity index (χ4n) is 2.42. The smallest absolute Gasteiger partial charge is 0.325 e. The van der Waals surface area contributed by atoms with Gasteiger partial charge in [0, 0.05) is 12.7 Å². The SMILES string of the molecule is Cc1nc2c(c(C)c1CC(=O)N[C@@H](C)C(=O)O)c(=O)[nH]n2C. The highest BCUT2D eigenvalue weighted by molar-refractivity contribution is 5.87. The molecule has 0 aliphatic heterocycles. The largest absolute Gasteiger partial charge is 0.480 e. The van der Waals surface area contributed by atoms with Gasteiger partial charge in [0.05, 0.1) is 11.8 Å². The number of nitrogens with zero attached hydrogens (tertiary/aromatic N) is 2. The fraction of sp³-hybridized carbons (Fsp3) is 0.429. The molecule has 0 fully saturated rings. The Morgan fingerprint density at radius 1 is 1.41 bits per heavy atom. The van der Waals surface area contributed by atoms with E-state index in [0.29, 0.717) is 27.9 Å². The molecule has 1 atom stereocenters. The summed E-state index contributed by atoms with van der Waals surface area (Å²) in [7, 11) is 1.69. The van der Waals surface area contributed by atoms with E-state index >= 15 is 0 Å². The zero-order valence-electron chi connectivity index (χ0n) is 12.9. The van der Waals surface area contributed by atoms with Crippen molar-refractivity contribution in [3.63, 3.8) is 0 Å². The van der Waals surface area contributed by atoms with Gasteiger partial charge in [-0.3, -0.25) is 24.2 Å². The van der Waals surface area contributed by atoms with Gasteiger partial charge in [0.25, 0.3) is 5.56 Å². The number of carbonyl (C=O) groups is 2. The molecule has 0 saturated heterocycles. The third kappa shape index (κ3) is 2.72. The monoisotopic (exact) mass is 306 g/mol. The van der Waals surface area contributed by atoms with Crippen LogP contribution in [0.15, 0.2) is 4.79 Å². The molecular weight excluding hydrogens is 288 g/mol. The molecular formula is C14H18N4O4. The Labute approximate surface area is 126 Å². The zero-order valence-corrected chi connectivity index (χ0v) is 12.9. The van der Waals surface area contributed by atoms with Gasteiger partial charge in [0.2, 0.25) is 5.91 Å². The molecule has 22 heavy (non-hydrogen) atoms. The van der Waals surface area contributed by atoms with Crippen LogP contribution >= 0.6 is 0 Å². The number of rotatable bonds is 4. The van der Waals surface area contributed by atoms with Gasteiger partial charge in [0.15, 0.2) is 5.65 Å². The van der Waals surface area contributed by atoms with E-state index in [0.717, 1.165) is 0 Å². The number of amides is 1. The van der Waals surface area contributed by atoms with E-state index in [1.165, 1.54) is 11.6 Å². The van der Waals surface area contributed by atoms with E-state index in [4.69, 9.17) is 5.11 Å². The van der Waals surface area contributed by atoms with E-state index in [1.807, 2.05) is 0 Å². The van der Waals surface area contributed by atoms with Gasteiger partial charge >= 0.3 is 5.97 Å². The molecule has 3 N–H and O–H groups in total. The minimum absolute atomic E-state index is 0.0213. The molecule has 8 nitrogen and oxygen atoms in total. The van der Waals surface area contributed by atoms with E-state index < -0.39 is 17.9 Å². The lowest BCUT2D eigenvalue weighted by Gasteiger charge is -2.12. The van der Waals surface area contributed by atoms with Gasteiger partial charge in [-0.1, -0.05) is 0 Å². The average molecular weight is 306 g/mol. The van der Waals surface area contributed by atoms with Crippen molar-refractivity contribution in [2.45, 2.75) is 33.2 Å². The molecule has 1 amide bonds. The molecule has 0 spiro atoms. The van der Waals surface area contributed by atoms with Gasteiger partial charge < -0.3 is 10.4 Å². The van der Waals surface area contributed by atoms with Gasteiger partial charge in [-0.2, -0.15) is 0 Å². The number of aromatic amines is 1. The van der Waals surface area contributed by atoms with Crippen LogP contribution < -0.4 is 10.9 Å². The van der Waals surface area contributed by atoms with Crippen molar-refractivity contribution in [3.8, 4) is 0 Å². The Balaban J connectivity index is 2.40. The van der Waals surface area contributed by atoms with Gasteiger partial charge in [-0.15, -0.1) is 0 Å². The average Bonchev–Trinajstić information content (AvgIpc) is 2.69. The van der Waals surface area contributed by atoms with Crippen LogP contribution in [-0.4, -0.2) is 37.8 Å². The lowest BCUT2D eigenvalue weighted by Crippen LogP contribution is -2.39. The van der Waals surface area contributed by atoms with Crippen LogP contribution in [0.3, 0.4) is 0 Å². The second-order valence-electron chi connectivity index (χ2n) is 5.30. The number of aryl methyl sites for hydroxylation is 3. The number of aromatic nitrogens is 3. The topological polar surface area (TPSA) is 117 Å². The number of nitrogens with one attached hydrogen (secondary N) is 2. The molecule has 118 valence electrons. The Morgan fingerprint density at radius 3 is 2.64 bits per heavy atom. The first-order chi connectivity index (χ1) is 10.2. The van der Waals surface area contributed by atoms with Crippen LogP contribution in [-0.2, 0) is 23.1 Å². The highest BCUT2D eigenvalue weighted by Crippen LogP contribution is 2.20. The van der Waals surface area contributed by atoms with Crippen molar-refractivity contribution in [2.24, 2.45) is 7.05 Å². The van der Waals surface area contributed by atoms with Crippen LogP contribution in [0.1, 0.15) is 23.7 Å². The summed E-state index contributed by atoms with van der Waals surface area (Å²) in [6, 6.07) is -0.968. The molecule has 8 heteroatoms. The highest BCUT2D eigenvalue weighted by atomic mass is 16.4. The molecule has 0 aromatic carbocycles. The lowest BCUT2D eigenvalue weighted by molar-refractivity contribution is -0.141. The number of hydrogen-bond acceptors (Lipinski definition) is 4. The molecule has 0 aliphatic carbocycles. The molecule has 2 aromatic heterocycles. The second kappa shape index (κ2) is 5.63. The Hall–Kier alpha value is -2.64. The van der Waals surface area contributed by atoms with Gasteiger partial charge in [-0.05, 0) is 31.9 Å². The predicted octanol–water partition coefficient (Wildman–Crippen LogP) is 0.0102. The highest BCUT2D eigenvalue weighted by Gasteiger charge is 2.19. The predicted molar refractivity (Wildman–Crippen MR) is 79.8 cm³/mol. The van der Waals surface area contributed by atoms with Crippen molar-refractivity contribution >= 4 is 22.9 Å². The number of carboxylic acids is 1. The number of aliphatic carboxylic acids is 1. The molecule has 0 unspecified atom stereocenters. The number of pyridine rings is 1. The second-order valence-corrected chi connectivity index (χ2v) is 5.30. The first-order valence-corrected chi connectivity index (χ1v) is 6.79. The van der Waals surface area contributed by atoms with Crippen LogP contribution in [0.5, 0.6) is 0 Å². The van der Waals surface area contributed by atoms with Crippen LogP contribution in [0.25, 0.3) is 11.0 Å². The summed E-state index contributed by atoms with van der Waals surface area (Å²) in [5.41, 5.74) is 2.23. The molecule has 2 rings (SSSR count). The molecule has 0 bridgehead atoms. The van der Waals surface area contributed by atoms with Crippen LogP contribution in [0.4, 0.5) is 0 Å². The number of H-pyrrole nitrogens is 1. The van der Waals surface area contributed by atoms with Crippen molar-refractivity contribution in [1.29, 1.82) is 0 Å². The number of carbonyl (C=O) groups excluding carboxylic acids is 1. The molecule has 0 radical (unpaired) electrons. The molecule has 0 saturated carbocycles. The fourth-order valence-corrected chi connectivity index (χ4v) is 2.42. The molecule has 2 aromatic rings. The van der Waals surface area contributed by atoms with Crippen LogP contribution in [0, 0.1) is 13.8 Å². The summed E-state index contributed by atoms with van der Waals surface area (Å²) >= 11 is 0. The van der Waals surface area contributed by atoms with Crippen molar-refractivity contribution < 1.29 is 14.7 Å². The summed E-state index contributed by atoms with van der Waals surface area (Å²) in [5, 5.41) is 14.3. The van der Waals surface area contributed by atoms with Crippen LogP contribution in [0.2, 0.25) is 0 Å². The normalized spacial score (nSPS) is 12.4. The van der Waals surface area contributed by atoms with Gasteiger partial charge in [-0.25, -0.2) is 4.98 Å². The Kier molecular flexibility index (Phi) is 4.03. The van der Waals surface area contributed by atoms with E-state index in [2.05, 4.69) is 15.4 Å². The van der Waals surface area contributed by atoms with Crippen molar-refractivity contribution in [2.75, 3.05) is 0 Å². The summed E-state index contributed by atoms with van der Waals surface area (Å²) in [6.07, 6.45) is -0.0213. The van der Waals surface area contributed by atoms with Crippen molar-refractivity contribution in [1.82, 2.24) is 20.1 Å². The minimum atomic E-state index is -1.10. The summed E-state index contributed by atoms with van der Waals surface area (Å²) < 4.78 is 1.54. The first kappa shape index (κ1) is 15.7. The lowest BCUT2D eigenvalue weighted by atomic mass is 10.0. The number of fused-ring (bicyclic) bond motifs is 1. The van der Waals surface area contributed by atoms with E-state index in [1.54, 1.807) is 20.9 Å². The van der Waals surface area contributed by atoms with Crippen molar-refractivity contribution in [3.05, 3.63) is 27.2 Å². The summed E-state index contributed by atoms with van der Waals surface area (Å²) in [5.74, 6) is -1.52. The third-order valence-electron chi connectivity index (χ3n) is 3.66. The molecule has 2 heterocycles. The minimum Gasteiger partial charge on any atom is -0.480 e. The maximum Gasteiger partial charge on any atom is 0.325 e. The quantitative estimate of drug-likeness (QED) is 0.735. The standard InChI is InChI=1S/C14H18N4O4/c1-6-9(5-10(19)15-8(3)14(21)22)7(2)16-12-11(6)13(20)17-18(12)4/h8H,5H2,1-4H3,(H,15,19)(H,17,20)(H,21,22)/t8-/m0/s1. The summed E-state index contributed by atoms with van der Waals surface area (Å²) in [6.45, 7) is 4.91. The van der Waals surface area contributed by atoms with Gasteiger partial charge in [0.1, 0.15) is 6.04 Å². The number of hydrogen-bond donors (Lipinski definition) is 3. The maximum atomic E-state index is 12.0. The Bertz CT molecular complexity index is 818. The first-order valence-electron chi connectivity index (χ1n) is 6.79. The van der Waals surface area contributed by atoms with E-state index in [-0.39, 0.29) is 12.0 Å². The maximum absolute atomic E-state index is 12.0.